The van der Waals surface area contributed by atoms with E-state index in [1.807, 2.05) is 19.1 Å². The number of fused-ring (bicyclic) bond motifs is 1. The summed E-state index contributed by atoms with van der Waals surface area (Å²) in [7, 11) is 0. The standard InChI is InChI=1S/C21H26N2O2S/c1-14-11-12-16(25-14)13-22-21-19(17-9-5-6-10-18(17)26-21)20(24)23-15-7-3-2-4-8-15/h11-13,15H,2-10H2,1H3,(H,23,24). The minimum atomic E-state index is 0.0686. The zero-order chi connectivity index (χ0) is 17.9. The number of hydrogen-bond acceptors (Lipinski definition) is 4. The van der Waals surface area contributed by atoms with Gasteiger partial charge >= 0.3 is 0 Å². The molecular weight excluding hydrogens is 344 g/mol. The number of amides is 1. The molecule has 26 heavy (non-hydrogen) atoms. The molecule has 4 nitrogen and oxygen atoms in total. The van der Waals surface area contributed by atoms with Gasteiger partial charge in [-0.15, -0.1) is 11.3 Å². The maximum absolute atomic E-state index is 13.1. The quantitative estimate of drug-likeness (QED) is 0.738. The van der Waals surface area contributed by atoms with Gasteiger partial charge in [0.1, 0.15) is 16.5 Å². The molecule has 2 aliphatic carbocycles. The molecule has 2 aromatic heterocycles. The van der Waals surface area contributed by atoms with Gasteiger partial charge in [0.05, 0.1) is 11.8 Å². The van der Waals surface area contributed by atoms with Crippen LogP contribution < -0.4 is 5.32 Å². The number of aryl methyl sites for hydroxylation is 2. The Balaban J connectivity index is 1.61. The Kier molecular flexibility index (Phi) is 5.25. The summed E-state index contributed by atoms with van der Waals surface area (Å²) in [4.78, 5) is 19.1. The number of hydrogen-bond donors (Lipinski definition) is 1. The Morgan fingerprint density at radius 1 is 1.19 bits per heavy atom. The molecule has 0 bridgehead atoms. The van der Waals surface area contributed by atoms with Gasteiger partial charge in [-0.1, -0.05) is 19.3 Å². The molecule has 2 heterocycles. The van der Waals surface area contributed by atoms with Crippen molar-refractivity contribution >= 4 is 28.5 Å². The van der Waals surface area contributed by atoms with Crippen molar-refractivity contribution in [2.24, 2.45) is 4.99 Å². The Bertz CT molecular complexity index is 812. The molecule has 0 saturated heterocycles. The first-order valence-corrected chi connectivity index (χ1v) is 10.6. The summed E-state index contributed by atoms with van der Waals surface area (Å²) in [6.07, 6.45) is 12.1. The van der Waals surface area contributed by atoms with E-state index in [4.69, 9.17) is 4.42 Å². The molecular formula is C21H26N2O2S. The van der Waals surface area contributed by atoms with E-state index in [9.17, 15) is 4.79 Å². The first-order chi connectivity index (χ1) is 12.7. The highest BCUT2D eigenvalue weighted by Crippen LogP contribution is 2.40. The fraction of sp³-hybridized carbons (Fsp3) is 0.524. The first-order valence-electron chi connectivity index (χ1n) is 9.76. The van der Waals surface area contributed by atoms with E-state index in [0.29, 0.717) is 6.04 Å². The van der Waals surface area contributed by atoms with Crippen LogP contribution in [0.3, 0.4) is 0 Å². The van der Waals surface area contributed by atoms with E-state index in [2.05, 4.69) is 10.3 Å². The topological polar surface area (TPSA) is 54.6 Å². The summed E-state index contributed by atoms with van der Waals surface area (Å²) < 4.78 is 5.58. The Labute approximate surface area is 158 Å². The smallest absolute Gasteiger partial charge is 0.254 e. The second kappa shape index (κ2) is 7.78. The van der Waals surface area contributed by atoms with E-state index in [1.54, 1.807) is 17.6 Å². The Morgan fingerprint density at radius 2 is 2.00 bits per heavy atom. The highest BCUT2D eigenvalue weighted by atomic mass is 32.1. The number of thiophene rings is 1. The molecule has 0 aromatic carbocycles. The lowest BCUT2D eigenvalue weighted by atomic mass is 9.93. The van der Waals surface area contributed by atoms with Gasteiger partial charge in [0.15, 0.2) is 0 Å². The maximum atomic E-state index is 13.1. The number of carbonyl (C=O) groups excluding carboxylic acids is 1. The molecule has 2 aliphatic rings. The van der Waals surface area contributed by atoms with E-state index in [-0.39, 0.29) is 5.91 Å². The highest BCUT2D eigenvalue weighted by Gasteiger charge is 2.27. The van der Waals surface area contributed by atoms with Crippen LogP contribution in [0, 0.1) is 6.92 Å². The summed E-state index contributed by atoms with van der Waals surface area (Å²) in [5, 5.41) is 4.12. The summed E-state index contributed by atoms with van der Waals surface area (Å²) in [6, 6.07) is 4.16. The molecule has 1 fully saturated rings. The number of carbonyl (C=O) groups is 1. The predicted octanol–water partition coefficient (Wildman–Crippen LogP) is 5.34. The van der Waals surface area contributed by atoms with Crippen molar-refractivity contribution in [2.75, 3.05) is 0 Å². The molecule has 1 N–H and O–H groups in total. The van der Waals surface area contributed by atoms with Gasteiger partial charge in [-0.25, -0.2) is 4.99 Å². The largest absolute Gasteiger partial charge is 0.460 e. The lowest BCUT2D eigenvalue weighted by Crippen LogP contribution is -2.36. The lowest BCUT2D eigenvalue weighted by Gasteiger charge is -2.23. The van der Waals surface area contributed by atoms with Crippen LogP contribution in [0.25, 0.3) is 0 Å². The van der Waals surface area contributed by atoms with Crippen molar-refractivity contribution in [3.8, 4) is 0 Å². The molecule has 0 radical (unpaired) electrons. The van der Waals surface area contributed by atoms with Gasteiger partial charge in [0, 0.05) is 10.9 Å². The Hall–Kier alpha value is -1.88. The normalized spacial score (nSPS) is 18.2. The van der Waals surface area contributed by atoms with Crippen LogP contribution in [0.5, 0.6) is 0 Å². The number of nitrogens with one attached hydrogen (secondary N) is 1. The predicted molar refractivity (Wildman–Crippen MR) is 106 cm³/mol. The van der Waals surface area contributed by atoms with Crippen LogP contribution in [0.4, 0.5) is 5.00 Å². The van der Waals surface area contributed by atoms with Crippen LogP contribution in [-0.2, 0) is 12.8 Å². The average Bonchev–Trinajstić information content (AvgIpc) is 3.23. The number of aliphatic imine (C=N–C) groups is 1. The second-order valence-corrected chi connectivity index (χ2v) is 8.49. The summed E-state index contributed by atoms with van der Waals surface area (Å²) in [5.41, 5.74) is 2.05. The van der Waals surface area contributed by atoms with Gasteiger partial charge in [-0.3, -0.25) is 4.79 Å². The number of rotatable bonds is 4. The van der Waals surface area contributed by atoms with Gasteiger partial charge in [0.25, 0.3) is 5.91 Å². The average molecular weight is 371 g/mol. The highest BCUT2D eigenvalue weighted by molar-refractivity contribution is 7.16. The van der Waals surface area contributed by atoms with Gasteiger partial charge < -0.3 is 9.73 Å². The van der Waals surface area contributed by atoms with E-state index in [0.717, 1.165) is 54.2 Å². The van der Waals surface area contributed by atoms with Crippen molar-refractivity contribution in [3.05, 3.63) is 39.7 Å². The maximum Gasteiger partial charge on any atom is 0.254 e. The van der Waals surface area contributed by atoms with E-state index in [1.165, 1.54) is 36.1 Å². The number of nitrogens with zero attached hydrogens (tertiary/aromatic N) is 1. The van der Waals surface area contributed by atoms with E-state index < -0.39 is 0 Å². The zero-order valence-electron chi connectivity index (χ0n) is 15.3. The molecule has 0 spiro atoms. The molecule has 0 aliphatic heterocycles. The third-order valence-electron chi connectivity index (χ3n) is 5.39. The van der Waals surface area contributed by atoms with Crippen LogP contribution >= 0.6 is 11.3 Å². The third-order valence-corrected chi connectivity index (χ3v) is 6.59. The number of furan rings is 1. The van der Waals surface area contributed by atoms with Crippen molar-refractivity contribution < 1.29 is 9.21 Å². The lowest BCUT2D eigenvalue weighted by molar-refractivity contribution is 0.0927. The summed E-state index contributed by atoms with van der Waals surface area (Å²) in [6.45, 7) is 1.92. The minimum Gasteiger partial charge on any atom is -0.460 e. The van der Waals surface area contributed by atoms with Crippen LogP contribution in [-0.4, -0.2) is 18.2 Å². The van der Waals surface area contributed by atoms with Gasteiger partial charge in [0.2, 0.25) is 0 Å². The van der Waals surface area contributed by atoms with Crippen molar-refractivity contribution in [2.45, 2.75) is 70.8 Å². The minimum absolute atomic E-state index is 0.0686. The fourth-order valence-electron chi connectivity index (χ4n) is 4.03. The molecule has 1 saturated carbocycles. The van der Waals surface area contributed by atoms with Crippen molar-refractivity contribution in [1.29, 1.82) is 0 Å². The van der Waals surface area contributed by atoms with Crippen molar-refractivity contribution in [1.82, 2.24) is 5.32 Å². The second-order valence-electron chi connectivity index (χ2n) is 7.41. The van der Waals surface area contributed by atoms with Crippen LogP contribution in [0.15, 0.2) is 21.5 Å². The van der Waals surface area contributed by atoms with E-state index >= 15 is 0 Å². The SMILES string of the molecule is Cc1ccc(C=Nc2sc3c(c2C(=O)NC2CCCCC2)CCCC3)o1. The summed E-state index contributed by atoms with van der Waals surface area (Å²) in [5.74, 6) is 1.67. The van der Waals surface area contributed by atoms with Crippen LogP contribution in [0.1, 0.15) is 77.3 Å². The van der Waals surface area contributed by atoms with Crippen molar-refractivity contribution in [3.63, 3.8) is 0 Å². The van der Waals surface area contributed by atoms with Gasteiger partial charge in [-0.05, 0) is 63.1 Å². The molecule has 2 aromatic rings. The molecule has 138 valence electrons. The first kappa shape index (κ1) is 17.5. The molecule has 1 amide bonds. The van der Waals surface area contributed by atoms with Gasteiger partial charge in [-0.2, -0.15) is 0 Å². The molecule has 0 unspecified atom stereocenters. The zero-order valence-corrected chi connectivity index (χ0v) is 16.2. The molecule has 0 atom stereocenters. The Morgan fingerprint density at radius 3 is 2.77 bits per heavy atom. The molecule has 5 heteroatoms. The molecule has 4 rings (SSSR count). The fourth-order valence-corrected chi connectivity index (χ4v) is 5.26. The van der Waals surface area contributed by atoms with Crippen LogP contribution in [0.2, 0.25) is 0 Å². The summed E-state index contributed by atoms with van der Waals surface area (Å²) >= 11 is 1.68. The monoisotopic (exact) mass is 370 g/mol. The third kappa shape index (κ3) is 3.78.